The number of benzene rings is 2. The van der Waals surface area contributed by atoms with Gasteiger partial charge in [-0.25, -0.2) is 0 Å². The molecule has 1 saturated carbocycles. The summed E-state index contributed by atoms with van der Waals surface area (Å²) in [5.41, 5.74) is 2.20. The van der Waals surface area contributed by atoms with Crippen LogP contribution in [0.3, 0.4) is 0 Å². The number of halogens is 3. The average Bonchev–Trinajstić information content (AvgIpc) is 3.50. The molecule has 0 unspecified atom stereocenters. The van der Waals surface area contributed by atoms with Crippen LogP contribution in [0.1, 0.15) is 53.9 Å². The Bertz CT molecular complexity index is 1370. The summed E-state index contributed by atoms with van der Waals surface area (Å²) in [6.07, 6.45) is 0.579. The van der Waals surface area contributed by atoms with Crippen LogP contribution in [-0.4, -0.2) is 18.1 Å². The number of aryl methyl sites for hydroxylation is 1. The number of anilines is 1. The standard InChI is InChI=1S/C27H22F3NO4/c28-27(29,30)23-7-6-17(34-23)14-31-20-5-2-1-4-18(20)26(24(31)32)15-33-22-13-21-16(12-19(22)26)8-11-25(35-21)9-3-10-25/h1-2,4-7,12-13H,3,8-11,14-15H2/t26-/m1/s1. The first-order valence-electron chi connectivity index (χ1n) is 11.9. The first-order valence-corrected chi connectivity index (χ1v) is 11.9. The lowest BCUT2D eigenvalue weighted by Crippen LogP contribution is -2.45. The average molecular weight is 481 g/mol. The van der Waals surface area contributed by atoms with Crippen molar-refractivity contribution in [2.75, 3.05) is 11.5 Å². The van der Waals surface area contributed by atoms with E-state index in [0.29, 0.717) is 11.4 Å². The van der Waals surface area contributed by atoms with E-state index in [2.05, 4.69) is 0 Å². The van der Waals surface area contributed by atoms with Crippen LogP contribution in [-0.2, 0) is 29.4 Å². The van der Waals surface area contributed by atoms with Crippen LogP contribution >= 0.6 is 0 Å². The van der Waals surface area contributed by atoms with Crippen LogP contribution in [0, 0.1) is 0 Å². The van der Waals surface area contributed by atoms with Gasteiger partial charge in [0.15, 0.2) is 0 Å². The van der Waals surface area contributed by atoms with E-state index < -0.39 is 17.4 Å². The molecule has 35 heavy (non-hydrogen) atoms. The molecule has 1 amide bonds. The van der Waals surface area contributed by atoms with Crippen molar-refractivity contribution in [1.82, 2.24) is 0 Å². The van der Waals surface area contributed by atoms with Gasteiger partial charge in [-0.3, -0.25) is 4.79 Å². The summed E-state index contributed by atoms with van der Waals surface area (Å²) in [4.78, 5) is 15.5. The Hall–Kier alpha value is -3.42. The fourth-order valence-electron chi connectivity index (χ4n) is 6.04. The number of nitrogens with zero attached hydrogens (tertiary/aromatic N) is 1. The number of carbonyl (C=O) groups excluding carboxylic acids is 1. The molecule has 8 heteroatoms. The van der Waals surface area contributed by atoms with Crippen LogP contribution in [0.5, 0.6) is 11.5 Å². The number of amides is 1. The number of hydrogen-bond donors (Lipinski definition) is 0. The maximum Gasteiger partial charge on any atom is 0.449 e. The van der Waals surface area contributed by atoms with Crippen molar-refractivity contribution in [3.63, 3.8) is 0 Å². The molecule has 2 aromatic carbocycles. The summed E-state index contributed by atoms with van der Waals surface area (Å²) in [5.74, 6) is 0.225. The van der Waals surface area contributed by atoms with E-state index in [1.54, 1.807) is 0 Å². The summed E-state index contributed by atoms with van der Waals surface area (Å²) >= 11 is 0. The Labute approximate surface area is 199 Å². The lowest BCUT2D eigenvalue weighted by atomic mass is 9.73. The zero-order valence-electron chi connectivity index (χ0n) is 18.8. The van der Waals surface area contributed by atoms with E-state index in [1.165, 1.54) is 17.4 Å². The van der Waals surface area contributed by atoms with Crippen LogP contribution in [0.2, 0.25) is 0 Å². The highest BCUT2D eigenvalue weighted by Crippen LogP contribution is 2.55. The van der Waals surface area contributed by atoms with Crippen molar-refractivity contribution in [2.45, 2.75) is 55.8 Å². The van der Waals surface area contributed by atoms with Gasteiger partial charge < -0.3 is 18.8 Å². The Kier molecular flexibility index (Phi) is 4.08. The van der Waals surface area contributed by atoms with Gasteiger partial charge in [-0.2, -0.15) is 13.2 Å². The Morgan fingerprint density at radius 2 is 1.80 bits per heavy atom. The van der Waals surface area contributed by atoms with E-state index in [4.69, 9.17) is 13.9 Å². The lowest BCUT2D eigenvalue weighted by molar-refractivity contribution is -0.153. The van der Waals surface area contributed by atoms with Crippen molar-refractivity contribution in [3.8, 4) is 11.5 Å². The predicted molar refractivity (Wildman–Crippen MR) is 120 cm³/mol. The molecule has 0 bridgehead atoms. The van der Waals surface area contributed by atoms with E-state index in [1.807, 2.05) is 36.4 Å². The molecule has 0 saturated heterocycles. The summed E-state index contributed by atoms with van der Waals surface area (Å²) in [6.45, 7) is 0.0360. The molecule has 0 radical (unpaired) electrons. The Morgan fingerprint density at radius 1 is 0.971 bits per heavy atom. The molecule has 4 heterocycles. The second-order valence-corrected chi connectivity index (χ2v) is 9.96. The number of para-hydroxylation sites is 1. The monoisotopic (exact) mass is 481 g/mol. The lowest BCUT2D eigenvalue weighted by Gasteiger charge is -2.45. The summed E-state index contributed by atoms with van der Waals surface area (Å²) in [6, 6.07) is 13.5. The molecular weight excluding hydrogens is 459 g/mol. The minimum Gasteiger partial charge on any atom is -0.491 e. The number of hydrogen-bond acceptors (Lipinski definition) is 4. The van der Waals surface area contributed by atoms with E-state index >= 15 is 0 Å². The molecule has 180 valence electrons. The van der Waals surface area contributed by atoms with Crippen molar-refractivity contribution >= 4 is 11.6 Å². The number of ether oxygens (including phenoxy) is 2. The molecule has 1 aromatic heterocycles. The van der Waals surface area contributed by atoms with E-state index in [9.17, 15) is 18.0 Å². The van der Waals surface area contributed by atoms with Gasteiger partial charge in [-0.1, -0.05) is 18.2 Å². The van der Waals surface area contributed by atoms with Crippen LogP contribution in [0.4, 0.5) is 18.9 Å². The second kappa shape index (κ2) is 6.83. The first kappa shape index (κ1) is 20.9. The molecule has 3 aliphatic heterocycles. The molecule has 1 aliphatic carbocycles. The van der Waals surface area contributed by atoms with Crippen molar-refractivity contribution < 1.29 is 31.9 Å². The number of rotatable bonds is 2. The third-order valence-corrected chi connectivity index (χ3v) is 8.03. The molecule has 1 atom stereocenters. The predicted octanol–water partition coefficient (Wildman–Crippen LogP) is 5.77. The zero-order valence-corrected chi connectivity index (χ0v) is 18.8. The maximum atomic E-state index is 14.0. The SMILES string of the molecule is O=C1N(Cc2ccc(C(F)(F)F)o2)c2ccccc2[C@@]12COc1cc3c(cc12)CCC1(CCC1)O3. The zero-order chi connectivity index (χ0) is 24.0. The summed E-state index contributed by atoms with van der Waals surface area (Å²) < 4.78 is 56.7. The van der Waals surface area contributed by atoms with Crippen LogP contribution in [0.25, 0.3) is 0 Å². The highest BCUT2D eigenvalue weighted by atomic mass is 19.4. The fourth-order valence-corrected chi connectivity index (χ4v) is 6.04. The molecule has 4 aliphatic rings. The number of carbonyl (C=O) groups is 1. The molecular formula is C27H22F3NO4. The number of furan rings is 1. The Balaban J connectivity index is 1.29. The summed E-state index contributed by atoms with van der Waals surface area (Å²) in [7, 11) is 0. The summed E-state index contributed by atoms with van der Waals surface area (Å²) in [5, 5.41) is 0. The third kappa shape index (κ3) is 2.85. The van der Waals surface area contributed by atoms with Crippen molar-refractivity contribution in [2.24, 2.45) is 0 Å². The minimum atomic E-state index is -4.58. The first-order chi connectivity index (χ1) is 16.8. The number of fused-ring (bicyclic) bond motifs is 5. The smallest absolute Gasteiger partial charge is 0.449 e. The van der Waals surface area contributed by atoms with Gasteiger partial charge in [0.05, 0.1) is 6.54 Å². The second-order valence-electron chi connectivity index (χ2n) is 9.96. The van der Waals surface area contributed by atoms with E-state index in [-0.39, 0.29) is 30.4 Å². The van der Waals surface area contributed by atoms with Gasteiger partial charge in [-0.05, 0) is 67.5 Å². The van der Waals surface area contributed by atoms with Crippen LogP contribution < -0.4 is 14.4 Å². The Morgan fingerprint density at radius 3 is 2.54 bits per heavy atom. The molecule has 7 rings (SSSR count). The highest BCUT2D eigenvalue weighted by molar-refractivity contribution is 6.11. The van der Waals surface area contributed by atoms with Gasteiger partial charge in [0, 0.05) is 17.3 Å². The van der Waals surface area contributed by atoms with Crippen molar-refractivity contribution in [1.29, 1.82) is 0 Å². The highest BCUT2D eigenvalue weighted by Gasteiger charge is 2.57. The molecule has 2 spiro atoms. The normalized spacial score (nSPS) is 23.5. The van der Waals surface area contributed by atoms with Gasteiger partial charge in [-0.15, -0.1) is 0 Å². The largest absolute Gasteiger partial charge is 0.491 e. The number of alkyl halides is 3. The third-order valence-electron chi connectivity index (χ3n) is 8.03. The van der Waals surface area contributed by atoms with Gasteiger partial charge in [0.2, 0.25) is 11.7 Å². The molecule has 5 nitrogen and oxygen atoms in total. The maximum absolute atomic E-state index is 14.0. The van der Waals surface area contributed by atoms with Crippen LogP contribution in [0.15, 0.2) is 52.9 Å². The van der Waals surface area contributed by atoms with E-state index in [0.717, 1.165) is 54.2 Å². The minimum absolute atomic E-state index is 0.0532. The molecule has 3 aromatic rings. The molecule has 0 N–H and O–H groups in total. The van der Waals surface area contributed by atoms with Gasteiger partial charge in [0.25, 0.3) is 0 Å². The molecule has 1 fully saturated rings. The van der Waals surface area contributed by atoms with Gasteiger partial charge in [0.1, 0.15) is 34.9 Å². The van der Waals surface area contributed by atoms with Crippen molar-refractivity contribution in [3.05, 3.63) is 76.7 Å². The van der Waals surface area contributed by atoms with Gasteiger partial charge >= 0.3 is 6.18 Å². The fraction of sp³-hybridized carbons (Fsp3) is 0.370. The topological polar surface area (TPSA) is 51.9 Å². The quantitative estimate of drug-likeness (QED) is 0.466.